The summed E-state index contributed by atoms with van der Waals surface area (Å²) in [7, 11) is 3.10. The van der Waals surface area contributed by atoms with Crippen LogP contribution < -0.4 is 30.8 Å². The first kappa shape index (κ1) is 32.9. The third-order valence-corrected chi connectivity index (χ3v) is 7.36. The molecule has 5 rings (SSSR count). The summed E-state index contributed by atoms with van der Waals surface area (Å²) in [4.78, 5) is 44.6. The number of ether oxygens (including phenoxy) is 4. The highest BCUT2D eigenvalue weighted by molar-refractivity contribution is 6.03. The van der Waals surface area contributed by atoms with Gasteiger partial charge in [0.15, 0.2) is 11.5 Å². The van der Waals surface area contributed by atoms with E-state index in [0.717, 1.165) is 29.5 Å². The molecule has 1 N–H and O–H groups in total. The monoisotopic (exact) mass is 642 g/mol. The van der Waals surface area contributed by atoms with Gasteiger partial charge in [-0.2, -0.15) is 0 Å². The molecule has 0 unspecified atom stereocenters. The van der Waals surface area contributed by atoms with E-state index in [0.29, 0.717) is 59.2 Å². The molecule has 0 atom stereocenters. The van der Waals surface area contributed by atoms with Crippen molar-refractivity contribution >= 4 is 22.5 Å². The van der Waals surface area contributed by atoms with Crippen molar-refractivity contribution in [3.8, 4) is 28.7 Å². The number of anilines is 1. The number of carbonyl (C=O) groups is 1. The summed E-state index contributed by atoms with van der Waals surface area (Å²) in [6.07, 6.45) is 5.29. The number of aromatic nitrogens is 3. The van der Waals surface area contributed by atoms with Crippen molar-refractivity contribution in [1.29, 1.82) is 0 Å². The van der Waals surface area contributed by atoms with Gasteiger partial charge in [0.25, 0.3) is 11.5 Å². The number of benzene rings is 3. The number of pyridine rings is 1. The van der Waals surface area contributed by atoms with E-state index in [1.807, 2.05) is 0 Å². The number of halogens is 1. The first-order valence-electron chi connectivity index (χ1n) is 15.1. The summed E-state index contributed by atoms with van der Waals surface area (Å²) in [6.45, 7) is 3.30. The lowest BCUT2D eigenvalue weighted by atomic mass is 10.2. The first-order chi connectivity index (χ1) is 22.8. The molecule has 2 aromatic heterocycles. The van der Waals surface area contributed by atoms with E-state index in [1.54, 1.807) is 62.9 Å². The molecule has 0 aliphatic rings. The number of fused-ring (bicyclic) bond motifs is 1. The van der Waals surface area contributed by atoms with Gasteiger partial charge >= 0.3 is 5.69 Å². The van der Waals surface area contributed by atoms with Crippen LogP contribution in [0.2, 0.25) is 0 Å². The molecule has 12 heteroatoms. The topological polar surface area (TPSA) is 123 Å². The van der Waals surface area contributed by atoms with Gasteiger partial charge in [-0.3, -0.25) is 19.1 Å². The molecule has 0 saturated carbocycles. The van der Waals surface area contributed by atoms with Gasteiger partial charge in [-0.1, -0.05) is 13.3 Å². The van der Waals surface area contributed by atoms with Crippen molar-refractivity contribution in [3.05, 3.63) is 111 Å². The number of rotatable bonds is 14. The van der Waals surface area contributed by atoms with E-state index in [-0.39, 0.29) is 17.8 Å². The van der Waals surface area contributed by atoms with Crippen LogP contribution in [0.25, 0.3) is 16.6 Å². The number of nitrogens with zero attached hydrogens (tertiary/aromatic N) is 3. The molecule has 0 fully saturated rings. The summed E-state index contributed by atoms with van der Waals surface area (Å²) >= 11 is 0. The standard InChI is InChI=1S/C35H35FN4O7/c1-4-5-18-46-19-6-17-39-22-28(34(42)40(35(39)43)25-11-7-23(36)8-12-25)33(41)38-24-9-13-26(14-10-24)47-30-15-16-37-29-21-32(45-3)31(44-2)20-27(29)30/h7-16,20-22H,4-6,17-19H2,1-3H3,(H,38,41). The molecule has 244 valence electrons. The zero-order valence-electron chi connectivity index (χ0n) is 26.3. The first-order valence-corrected chi connectivity index (χ1v) is 15.1. The predicted octanol–water partition coefficient (Wildman–Crippen LogP) is 5.96. The van der Waals surface area contributed by atoms with Crippen LogP contribution in [0.1, 0.15) is 36.5 Å². The van der Waals surface area contributed by atoms with E-state index in [9.17, 15) is 18.8 Å². The van der Waals surface area contributed by atoms with Crippen LogP contribution in [0, 0.1) is 5.82 Å². The molecule has 3 aromatic carbocycles. The Hall–Kier alpha value is -5.49. The van der Waals surface area contributed by atoms with E-state index in [1.165, 1.54) is 22.9 Å². The normalized spacial score (nSPS) is 11.0. The Labute approximate surface area is 270 Å². The van der Waals surface area contributed by atoms with E-state index in [4.69, 9.17) is 18.9 Å². The maximum absolute atomic E-state index is 13.6. The maximum atomic E-state index is 13.6. The Kier molecular flexibility index (Phi) is 10.6. The van der Waals surface area contributed by atoms with Crippen LogP contribution in [0.5, 0.6) is 23.0 Å². The van der Waals surface area contributed by atoms with E-state index < -0.39 is 23.0 Å². The van der Waals surface area contributed by atoms with Gasteiger partial charge in [0.1, 0.15) is 22.9 Å². The Morgan fingerprint density at radius 2 is 1.60 bits per heavy atom. The lowest BCUT2D eigenvalue weighted by molar-refractivity contribution is 0.102. The third kappa shape index (κ3) is 7.67. The molecule has 0 spiro atoms. The van der Waals surface area contributed by atoms with Crippen molar-refractivity contribution in [2.45, 2.75) is 32.7 Å². The summed E-state index contributed by atoms with van der Waals surface area (Å²) in [6, 6.07) is 16.8. The molecule has 0 radical (unpaired) electrons. The fourth-order valence-corrected chi connectivity index (χ4v) is 4.89. The lowest BCUT2D eigenvalue weighted by Crippen LogP contribution is -2.42. The second-order valence-corrected chi connectivity index (χ2v) is 10.6. The molecule has 0 saturated heterocycles. The van der Waals surface area contributed by atoms with Crippen molar-refractivity contribution in [2.24, 2.45) is 0 Å². The molecule has 0 aliphatic carbocycles. The largest absolute Gasteiger partial charge is 0.493 e. The Morgan fingerprint density at radius 3 is 2.30 bits per heavy atom. The Bertz CT molecular complexity index is 1970. The maximum Gasteiger partial charge on any atom is 0.335 e. The second kappa shape index (κ2) is 15.2. The van der Waals surface area contributed by atoms with Crippen LogP contribution in [-0.2, 0) is 11.3 Å². The van der Waals surface area contributed by atoms with E-state index in [2.05, 4.69) is 17.2 Å². The summed E-state index contributed by atoms with van der Waals surface area (Å²) < 4.78 is 38.3. The second-order valence-electron chi connectivity index (χ2n) is 10.6. The Balaban J connectivity index is 1.37. The molecule has 47 heavy (non-hydrogen) atoms. The van der Waals surface area contributed by atoms with Crippen molar-refractivity contribution < 1.29 is 28.1 Å². The summed E-state index contributed by atoms with van der Waals surface area (Å²) in [5.41, 5.74) is -0.540. The zero-order chi connectivity index (χ0) is 33.3. The number of carbonyl (C=O) groups excluding carboxylic acids is 1. The summed E-state index contributed by atoms with van der Waals surface area (Å²) in [5.74, 6) is 0.853. The Morgan fingerprint density at radius 1 is 0.894 bits per heavy atom. The SMILES string of the molecule is CCCCOCCCn1cc(C(=O)Nc2ccc(Oc3ccnc4cc(OC)c(OC)cc34)cc2)c(=O)n(-c2ccc(F)cc2)c1=O. The number of hydrogen-bond acceptors (Lipinski definition) is 8. The van der Waals surface area contributed by atoms with Gasteiger partial charge in [-0.05, 0) is 73.5 Å². The van der Waals surface area contributed by atoms with Crippen molar-refractivity contribution in [2.75, 3.05) is 32.8 Å². The van der Waals surface area contributed by atoms with Crippen LogP contribution in [0.4, 0.5) is 10.1 Å². The zero-order valence-corrected chi connectivity index (χ0v) is 26.3. The van der Waals surface area contributed by atoms with Gasteiger partial charge in [-0.15, -0.1) is 0 Å². The van der Waals surface area contributed by atoms with Crippen molar-refractivity contribution in [3.63, 3.8) is 0 Å². The van der Waals surface area contributed by atoms with Gasteiger partial charge in [-0.25, -0.2) is 13.8 Å². The van der Waals surface area contributed by atoms with Gasteiger partial charge in [0.05, 0.1) is 25.4 Å². The average molecular weight is 643 g/mol. The summed E-state index contributed by atoms with van der Waals surface area (Å²) in [5, 5.41) is 3.43. The highest BCUT2D eigenvalue weighted by Gasteiger charge is 2.19. The fourth-order valence-electron chi connectivity index (χ4n) is 4.89. The van der Waals surface area contributed by atoms with Gasteiger partial charge in [0, 0.05) is 49.3 Å². The minimum absolute atomic E-state index is 0.144. The number of hydrogen-bond donors (Lipinski definition) is 1. The molecular weight excluding hydrogens is 607 g/mol. The smallest absolute Gasteiger partial charge is 0.335 e. The van der Waals surface area contributed by atoms with Gasteiger partial charge < -0.3 is 24.3 Å². The number of nitrogens with one attached hydrogen (secondary N) is 1. The lowest BCUT2D eigenvalue weighted by Gasteiger charge is -2.14. The van der Waals surface area contributed by atoms with Crippen LogP contribution in [-0.4, -0.2) is 47.5 Å². The molecule has 0 aliphatic heterocycles. The minimum atomic E-state index is -0.828. The highest BCUT2D eigenvalue weighted by atomic mass is 19.1. The molecule has 11 nitrogen and oxygen atoms in total. The predicted molar refractivity (Wildman–Crippen MR) is 176 cm³/mol. The molecule has 2 heterocycles. The average Bonchev–Trinajstić information content (AvgIpc) is 3.08. The van der Waals surface area contributed by atoms with Crippen LogP contribution in [0.3, 0.4) is 0 Å². The third-order valence-electron chi connectivity index (χ3n) is 7.36. The molecule has 5 aromatic rings. The van der Waals surface area contributed by atoms with Crippen LogP contribution >= 0.6 is 0 Å². The number of methoxy groups -OCH3 is 2. The molecule has 0 bridgehead atoms. The number of unbranched alkanes of at least 4 members (excludes halogenated alkanes) is 1. The van der Waals surface area contributed by atoms with Crippen LogP contribution in [0.15, 0.2) is 88.7 Å². The molecular formula is C35H35FN4O7. The van der Waals surface area contributed by atoms with Gasteiger partial charge in [0.2, 0.25) is 0 Å². The highest BCUT2D eigenvalue weighted by Crippen LogP contribution is 2.37. The minimum Gasteiger partial charge on any atom is -0.493 e. The quantitative estimate of drug-likeness (QED) is 0.147. The van der Waals surface area contributed by atoms with Crippen molar-refractivity contribution in [1.82, 2.24) is 14.1 Å². The molecule has 1 amide bonds. The number of amides is 1. The fraction of sp³-hybridized carbons (Fsp3) is 0.257. The number of aryl methyl sites for hydroxylation is 1. The van der Waals surface area contributed by atoms with E-state index >= 15 is 0 Å².